The average Bonchev–Trinajstić information content (AvgIpc) is 2.33. The Labute approximate surface area is 56.4 Å². The first-order chi connectivity index (χ1) is 4.47. The highest BCUT2D eigenvalue weighted by Crippen LogP contribution is 2.32. The molecular formula is C8H13O. The van der Waals surface area contributed by atoms with Crippen molar-refractivity contribution in [3.63, 3.8) is 0 Å². The predicted octanol–water partition coefficient (Wildman–Crippen LogP) is 1.78. The lowest BCUT2D eigenvalue weighted by Gasteiger charge is -2.22. The molecular weight excluding hydrogens is 112 g/mol. The number of fused-ring (bicyclic) bond motifs is 1. The summed E-state index contributed by atoms with van der Waals surface area (Å²) in [6.45, 7) is 1.01. The molecule has 2 fully saturated rings. The standard InChI is InChI=1S/C8H13O/c1-2-4-8-7(3-1)5-6-9-8/h4,7-8H,1-3,5-6H2. The summed E-state index contributed by atoms with van der Waals surface area (Å²) in [6.07, 6.45) is 8.27. The van der Waals surface area contributed by atoms with E-state index in [-0.39, 0.29) is 0 Å². The molecule has 0 aromatic heterocycles. The van der Waals surface area contributed by atoms with E-state index in [9.17, 15) is 0 Å². The molecule has 1 radical (unpaired) electrons. The van der Waals surface area contributed by atoms with Crippen LogP contribution >= 0.6 is 0 Å². The Morgan fingerprint density at radius 1 is 1.33 bits per heavy atom. The second-order valence-corrected chi connectivity index (χ2v) is 3.05. The van der Waals surface area contributed by atoms with E-state index >= 15 is 0 Å². The zero-order chi connectivity index (χ0) is 6.10. The van der Waals surface area contributed by atoms with Crippen molar-refractivity contribution in [1.29, 1.82) is 0 Å². The summed E-state index contributed by atoms with van der Waals surface area (Å²) in [4.78, 5) is 0. The van der Waals surface area contributed by atoms with Gasteiger partial charge in [-0.3, -0.25) is 0 Å². The number of hydrogen-bond donors (Lipinski definition) is 0. The Balaban J connectivity index is 1.97. The van der Waals surface area contributed by atoms with Crippen molar-refractivity contribution in [3.8, 4) is 0 Å². The Morgan fingerprint density at radius 3 is 3.22 bits per heavy atom. The van der Waals surface area contributed by atoms with Gasteiger partial charge in [0.1, 0.15) is 0 Å². The third-order valence-electron chi connectivity index (χ3n) is 2.44. The zero-order valence-electron chi connectivity index (χ0n) is 5.68. The first kappa shape index (κ1) is 5.72. The molecule has 2 aliphatic rings. The fourth-order valence-electron chi connectivity index (χ4n) is 1.89. The van der Waals surface area contributed by atoms with Crippen LogP contribution in [0.2, 0.25) is 0 Å². The van der Waals surface area contributed by atoms with Crippen LogP contribution in [0.25, 0.3) is 0 Å². The van der Waals surface area contributed by atoms with Gasteiger partial charge < -0.3 is 4.74 Å². The summed E-state index contributed by atoms with van der Waals surface area (Å²) in [5.41, 5.74) is 0. The van der Waals surface area contributed by atoms with Crippen molar-refractivity contribution in [2.75, 3.05) is 6.61 Å². The van der Waals surface area contributed by atoms with E-state index < -0.39 is 0 Å². The summed E-state index contributed by atoms with van der Waals surface area (Å²) in [5, 5.41) is 0. The summed E-state index contributed by atoms with van der Waals surface area (Å²) >= 11 is 0. The van der Waals surface area contributed by atoms with Crippen LogP contribution in [-0.4, -0.2) is 12.7 Å². The number of ether oxygens (including phenoxy) is 1. The lowest BCUT2D eigenvalue weighted by Crippen LogP contribution is -2.20. The van der Waals surface area contributed by atoms with E-state index in [1.807, 2.05) is 0 Å². The van der Waals surface area contributed by atoms with E-state index in [0.29, 0.717) is 6.10 Å². The van der Waals surface area contributed by atoms with Crippen LogP contribution in [0.1, 0.15) is 25.7 Å². The van der Waals surface area contributed by atoms with Gasteiger partial charge in [0.25, 0.3) is 0 Å². The smallest absolute Gasteiger partial charge is 0.0635 e. The van der Waals surface area contributed by atoms with Gasteiger partial charge in [0.05, 0.1) is 6.10 Å². The fraction of sp³-hybridized carbons (Fsp3) is 0.875. The molecule has 1 saturated carbocycles. The second-order valence-electron chi connectivity index (χ2n) is 3.05. The van der Waals surface area contributed by atoms with E-state index in [2.05, 4.69) is 6.42 Å². The minimum Gasteiger partial charge on any atom is -0.378 e. The normalized spacial score (nSPS) is 42.7. The van der Waals surface area contributed by atoms with Gasteiger partial charge in [0.2, 0.25) is 0 Å². The highest BCUT2D eigenvalue weighted by molar-refractivity contribution is 4.91. The van der Waals surface area contributed by atoms with Gasteiger partial charge in [0, 0.05) is 6.61 Å². The molecule has 2 atom stereocenters. The summed E-state index contributed by atoms with van der Waals surface area (Å²) in [6, 6.07) is 0. The van der Waals surface area contributed by atoms with Crippen molar-refractivity contribution >= 4 is 0 Å². The highest BCUT2D eigenvalue weighted by atomic mass is 16.5. The molecule has 9 heavy (non-hydrogen) atoms. The lowest BCUT2D eigenvalue weighted by atomic mass is 9.86. The molecule has 0 N–H and O–H groups in total. The quantitative estimate of drug-likeness (QED) is 0.479. The minimum absolute atomic E-state index is 0.541. The van der Waals surface area contributed by atoms with Gasteiger partial charge in [-0.15, -0.1) is 0 Å². The minimum atomic E-state index is 0.541. The van der Waals surface area contributed by atoms with Gasteiger partial charge >= 0.3 is 0 Å². The lowest BCUT2D eigenvalue weighted by molar-refractivity contribution is 0.101. The van der Waals surface area contributed by atoms with E-state index in [0.717, 1.165) is 12.5 Å². The molecule has 0 aromatic carbocycles. The van der Waals surface area contributed by atoms with Crippen molar-refractivity contribution < 1.29 is 4.74 Å². The Kier molecular flexibility index (Phi) is 1.46. The molecule has 1 aliphatic carbocycles. The molecule has 1 saturated heterocycles. The van der Waals surface area contributed by atoms with E-state index in [1.54, 1.807) is 0 Å². The molecule has 0 amide bonds. The molecule has 1 aliphatic heterocycles. The number of rotatable bonds is 0. The predicted molar refractivity (Wildman–Crippen MR) is 36.0 cm³/mol. The Bertz CT molecular complexity index is 88.7. The molecule has 1 heteroatoms. The van der Waals surface area contributed by atoms with Crippen molar-refractivity contribution in [1.82, 2.24) is 0 Å². The average molecular weight is 125 g/mol. The molecule has 1 nitrogen and oxygen atoms in total. The number of hydrogen-bond acceptors (Lipinski definition) is 1. The molecule has 0 aromatic rings. The molecule has 0 bridgehead atoms. The van der Waals surface area contributed by atoms with Gasteiger partial charge in [0.15, 0.2) is 0 Å². The molecule has 51 valence electrons. The Morgan fingerprint density at radius 2 is 2.33 bits per heavy atom. The van der Waals surface area contributed by atoms with Crippen LogP contribution in [0.15, 0.2) is 0 Å². The van der Waals surface area contributed by atoms with Crippen LogP contribution in [0.4, 0.5) is 0 Å². The van der Waals surface area contributed by atoms with Crippen LogP contribution in [0.5, 0.6) is 0 Å². The second kappa shape index (κ2) is 2.30. The van der Waals surface area contributed by atoms with E-state index in [1.165, 1.54) is 25.7 Å². The van der Waals surface area contributed by atoms with Crippen molar-refractivity contribution in [2.45, 2.75) is 31.8 Å². The summed E-state index contributed by atoms with van der Waals surface area (Å²) in [7, 11) is 0. The zero-order valence-corrected chi connectivity index (χ0v) is 5.68. The van der Waals surface area contributed by atoms with Crippen LogP contribution in [0.3, 0.4) is 0 Å². The van der Waals surface area contributed by atoms with Gasteiger partial charge in [-0.1, -0.05) is 6.42 Å². The van der Waals surface area contributed by atoms with Crippen LogP contribution in [0, 0.1) is 12.3 Å². The highest BCUT2D eigenvalue weighted by Gasteiger charge is 2.30. The Hall–Kier alpha value is -0.0400. The van der Waals surface area contributed by atoms with Gasteiger partial charge in [-0.2, -0.15) is 0 Å². The summed E-state index contributed by atoms with van der Waals surface area (Å²) < 4.78 is 5.50. The topological polar surface area (TPSA) is 9.23 Å². The van der Waals surface area contributed by atoms with Gasteiger partial charge in [-0.05, 0) is 31.6 Å². The summed E-state index contributed by atoms with van der Waals surface area (Å²) in [5.74, 6) is 0.888. The molecule has 2 rings (SSSR count). The van der Waals surface area contributed by atoms with Crippen LogP contribution < -0.4 is 0 Å². The molecule has 1 heterocycles. The molecule has 0 spiro atoms. The maximum atomic E-state index is 5.50. The maximum absolute atomic E-state index is 5.50. The monoisotopic (exact) mass is 125 g/mol. The first-order valence-electron chi connectivity index (χ1n) is 3.92. The SMILES string of the molecule is [CH]1CCCC2CCOC12. The van der Waals surface area contributed by atoms with Crippen LogP contribution in [-0.2, 0) is 4.74 Å². The third kappa shape index (κ3) is 0.983. The van der Waals surface area contributed by atoms with Crippen molar-refractivity contribution in [2.24, 2.45) is 5.92 Å². The first-order valence-corrected chi connectivity index (χ1v) is 3.92. The fourth-order valence-corrected chi connectivity index (χ4v) is 1.89. The largest absolute Gasteiger partial charge is 0.378 e. The third-order valence-corrected chi connectivity index (χ3v) is 2.44. The molecule has 2 unspecified atom stereocenters. The van der Waals surface area contributed by atoms with Crippen molar-refractivity contribution in [3.05, 3.63) is 6.42 Å². The maximum Gasteiger partial charge on any atom is 0.0635 e. The van der Waals surface area contributed by atoms with Gasteiger partial charge in [-0.25, -0.2) is 0 Å². The van der Waals surface area contributed by atoms with E-state index in [4.69, 9.17) is 4.74 Å².